The van der Waals surface area contributed by atoms with E-state index < -0.39 is 20.3 Å². The molecule has 2 atom stereocenters. The molecule has 1 heterocycles. The molecule has 0 aromatic heterocycles. The van der Waals surface area contributed by atoms with Gasteiger partial charge >= 0.3 is 239 Å². The van der Waals surface area contributed by atoms with Crippen LogP contribution >= 0.6 is 0 Å². The van der Waals surface area contributed by atoms with Crippen LogP contribution in [0.25, 0.3) is 11.1 Å². The summed E-state index contributed by atoms with van der Waals surface area (Å²) in [6, 6.07) is 15.4. The number of fused-ring (bicyclic) bond motifs is 4. The van der Waals surface area contributed by atoms with E-state index in [0.29, 0.717) is 3.63 Å². The maximum Gasteiger partial charge on any atom is -1.00 e. The fraction of sp³-hybridized carbons (Fsp3) is 0.568. The molecule has 1 aliphatic heterocycles. The van der Waals surface area contributed by atoms with E-state index in [4.69, 9.17) is 0 Å². The molecule has 0 bridgehead atoms. The average Bonchev–Trinajstić information content (AvgIpc) is 3.12. The predicted octanol–water partition coefficient (Wildman–Crippen LogP) is 5.33. The monoisotopic (exact) mass is 654 g/mol. The van der Waals surface area contributed by atoms with Crippen molar-refractivity contribution in [1.29, 1.82) is 0 Å². The van der Waals surface area contributed by atoms with Gasteiger partial charge < -0.3 is 24.8 Å². The van der Waals surface area contributed by atoms with Crippen LogP contribution < -0.4 is 24.8 Å². The van der Waals surface area contributed by atoms with Crippen LogP contribution in [0.5, 0.6) is 0 Å². The maximum absolute atomic E-state index is 2.86. The number of hydrogen-bond donors (Lipinski definition) is 0. The third kappa shape index (κ3) is 4.81. The second-order valence-electron chi connectivity index (χ2n) is 16.2. The zero-order chi connectivity index (χ0) is 27.4. The Kier molecular flexibility index (Phi) is 8.50. The van der Waals surface area contributed by atoms with Gasteiger partial charge in [0.1, 0.15) is 0 Å². The van der Waals surface area contributed by atoms with Crippen molar-refractivity contribution < 1.29 is 45.1 Å². The molecule has 6 rings (SSSR count). The molecule has 3 aliphatic carbocycles. The van der Waals surface area contributed by atoms with E-state index in [1.807, 2.05) is 3.28 Å². The Balaban J connectivity index is 0.00000185. The SMILES string of the molecule is CC1=CC[C]([Zr+2]2([CH]3c4ccc(C(C)(C)C)cc4-c4cc(C(C)(C)C)ccc43)[CH]3CCCC[CH]32)=C1C(C)(C)C.[Cl-].[Cl-]. The minimum atomic E-state index is -2.86. The normalized spacial score (nSPS) is 24.3. The van der Waals surface area contributed by atoms with Crippen LogP contribution in [0.2, 0.25) is 7.25 Å². The van der Waals surface area contributed by atoms with Crippen LogP contribution in [0.15, 0.2) is 56.9 Å². The van der Waals surface area contributed by atoms with Gasteiger partial charge in [0.05, 0.1) is 0 Å². The molecule has 0 N–H and O–H groups in total. The molecule has 3 heteroatoms. The van der Waals surface area contributed by atoms with Crippen molar-refractivity contribution >= 4 is 0 Å². The first-order chi connectivity index (χ1) is 17.7. The first-order valence-electron chi connectivity index (χ1n) is 15.4. The summed E-state index contributed by atoms with van der Waals surface area (Å²) < 4.78 is 4.79. The van der Waals surface area contributed by atoms with Gasteiger partial charge in [-0.25, -0.2) is 0 Å². The molecule has 0 amide bonds. The molecule has 2 fully saturated rings. The fourth-order valence-electron chi connectivity index (χ4n) is 9.05. The van der Waals surface area contributed by atoms with Gasteiger partial charge in [-0.05, 0) is 0 Å². The van der Waals surface area contributed by atoms with Gasteiger partial charge in [0, 0.05) is 0 Å². The molecule has 2 unspecified atom stereocenters. The standard InChI is InChI=1S/C21H25.C10H15.C6H10.2ClH.Zr/c1-20(2,3)16-9-7-14-11-15-8-10-17(21(4,5)6)13-19(15)18(14)12-16;1-8-6-5-7-9(8)10(2,3)4;1-2-4-6-5-3-1;;;/h7-13H,1-6H3;6H,5H2,1-4H3;1-2H,3-6H2;2*1H;/q;;;;;+2/p-2. The van der Waals surface area contributed by atoms with E-state index >= 15 is 0 Å². The minimum absolute atomic E-state index is 0. The van der Waals surface area contributed by atoms with E-state index in [-0.39, 0.29) is 41.1 Å². The van der Waals surface area contributed by atoms with Crippen LogP contribution in [0.4, 0.5) is 0 Å². The van der Waals surface area contributed by atoms with E-state index in [0.717, 1.165) is 7.25 Å². The van der Waals surface area contributed by atoms with Gasteiger partial charge in [-0.15, -0.1) is 0 Å². The zero-order valence-electron chi connectivity index (χ0n) is 26.6. The summed E-state index contributed by atoms with van der Waals surface area (Å²) in [6.45, 7) is 24.1. The van der Waals surface area contributed by atoms with Crippen molar-refractivity contribution in [3.8, 4) is 11.1 Å². The van der Waals surface area contributed by atoms with Gasteiger partial charge in [0.25, 0.3) is 0 Å². The van der Waals surface area contributed by atoms with Gasteiger partial charge in [-0.1, -0.05) is 0 Å². The summed E-state index contributed by atoms with van der Waals surface area (Å²) in [7, 11) is 0. The van der Waals surface area contributed by atoms with Crippen molar-refractivity contribution in [1.82, 2.24) is 0 Å². The largest absolute Gasteiger partial charge is 1.00 e. The summed E-state index contributed by atoms with van der Waals surface area (Å²) >= 11 is -2.86. The number of rotatable bonds is 2. The number of hydrogen-bond acceptors (Lipinski definition) is 0. The second-order valence-corrected chi connectivity index (χ2v) is 27.3. The molecule has 216 valence electrons. The molecule has 0 radical (unpaired) electrons. The van der Waals surface area contributed by atoms with Crippen molar-refractivity contribution in [2.75, 3.05) is 0 Å². The van der Waals surface area contributed by atoms with Crippen molar-refractivity contribution in [2.24, 2.45) is 5.41 Å². The predicted molar refractivity (Wildman–Crippen MR) is 162 cm³/mol. The molecular formula is C37H50Cl2Zr. The maximum atomic E-state index is 2.61. The average molecular weight is 657 g/mol. The summed E-state index contributed by atoms with van der Waals surface area (Å²) in [6.07, 6.45) is 9.79. The van der Waals surface area contributed by atoms with E-state index in [1.54, 1.807) is 33.4 Å². The zero-order valence-corrected chi connectivity index (χ0v) is 30.5. The third-order valence-electron chi connectivity index (χ3n) is 10.7. The van der Waals surface area contributed by atoms with Gasteiger partial charge in [-0.3, -0.25) is 0 Å². The Morgan fingerprint density at radius 3 is 1.50 bits per heavy atom. The summed E-state index contributed by atoms with van der Waals surface area (Å²) in [5.74, 6) is 0. The van der Waals surface area contributed by atoms with Crippen molar-refractivity contribution in [3.05, 3.63) is 79.2 Å². The van der Waals surface area contributed by atoms with Crippen LogP contribution in [0.1, 0.15) is 127 Å². The van der Waals surface area contributed by atoms with Gasteiger partial charge in [0.15, 0.2) is 0 Å². The van der Waals surface area contributed by atoms with Crippen LogP contribution in [-0.4, -0.2) is 0 Å². The Morgan fingerprint density at radius 1 is 0.650 bits per heavy atom. The summed E-state index contributed by atoms with van der Waals surface area (Å²) in [5.41, 5.74) is 13.4. The summed E-state index contributed by atoms with van der Waals surface area (Å²) in [5, 5.41) is 0. The second kappa shape index (κ2) is 10.5. The first-order valence-corrected chi connectivity index (χ1v) is 20.9. The Morgan fingerprint density at radius 2 is 1.10 bits per heavy atom. The molecule has 40 heavy (non-hydrogen) atoms. The van der Waals surface area contributed by atoms with Crippen LogP contribution in [0.3, 0.4) is 0 Å². The number of allylic oxidation sites excluding steroid dienone is 4. The molecule has 0 nitrogen and oxygen atoms in total. The first kappa shape index (κ1) is 32.3. The van der Waals surface area contributed by atoms with Gasteiger partial charge in [0.2, 0.25) is 0 Å². The molecule has 0 spiro atoms. The minimum Gasteiger partial charge on any atom is -1.00 e. The quantitative estimate of drug-likeness (QED) is 0.411. The molecule has 2 aromatic carbocycles. The van der Waals surface area contributed by atoms with Crippen molar-refractivity contribution in [3.63, 3.8) is 0 Å². The molecule has 4 aliphatic rings. The Bertz CT molecular complexity index is 1300. The Hall–Kier alpha value is -0.617. The van der Waals surface area contributed by atoms with E-state index in [1.165, 1.54) is 43.2 Å². The molecule has 1 saturated carbocycles. The van der Waals surface area contributed by atoms with Crippen LogP contribution in [0, 0.1) is 5.41 Å². The van der Waals surface area contributed by atoms with E-state index in [2.05, 4.69) is 112 Å². The van der Waals surface area contributed by atoms with Crippen molar-refractivity contribution in [2.45, 2.75) is 123 Å². The molecule has 2 aromatic rings. The smallest absolute Gasteiger partial charge is 1.00 e. The topological polar surface area (TPSA) is 0 Å². The molecule has 1 saturated heterocycles. The van der Waals surface area contributed by atoms with Crippen LogP contribution in [-0.2, 0) is 31.1 Å². The van der Waals surface area contributed by atoms with Gasteiger partial charge in [-0.2, -0.15) is 0 Å². The summed E-state index contributed by atoms with van der Waals surface area (Å²) in [4.78, 5) is 0. The van der Waals surface area contributed by atoms with E-state index in [9.17, 15) is 0 Å². The number of benzene rings is 2. The third-order valence-corrected chi connectivity index (χ3v) is 26.7. The Labute approximate surface area is 262 Å². The number of halogens is 2. The fourth-order valence-corrected chi connectivity index (χ4v) is 31.1. The molecular weight excluding hydrogens is 607 g/mol.